The number of hydrogen-bond acceptors (Lipinski definition) is 4. The average Bonchev–Trinajstić information content (AvgIpc) is 3.00. The number of hydrogen-bond donors (Lipinski definition) is 0. The molecule has 3 rings (SSSR count). The number of rotatable bonds is 4. The van der Waals surface area contributed by atoms with E-state index in [9.17, 15) is 21.6 Å². The highest BCUT2D eigenvalue weighted by atomic mass is 32.2. The number of aromatic nitrogens is 2. The molecule has 0 spiro atoms. The van der Waals surface area contributed by atoms with Crippen molar-refractivity contribution in [3.05, 3.63) is 42.2 Å². The molecule has 0 saturated carbocycles. The van der Waals surface area contributed by atoms with E-state index in [2.05, 4.69) is 9.84 Å². The molecule has 26 heavy (non-hydrogen) atoms. The van der Waals surface area contributed by atoms with Crippen LogP contribution in [0.2, 0.25) is 0 Å². The van der Waals surface area contributed by atoms with Gasteiger partial charge in [-0.25, -0.2) is 8.42 Å². The van der Waals surface area contributed by atoms with Gasteiger partial charge in [0.1, 0.15) is 5.75 Å². The van der Waals surface area contributed by atoms with Gasteiger partial charge in [-0.2, -0.15) is 9.40 Å². The van der Waals surface area contributed by atoms with E-state index in [4.69, 9.17) is 0 Å². The van der Waals surface area contributed by atoms with Gasteiger partial charge in [0.05, 0.1) is 10.6 Å². The van der Waals surface area contributed by atoms with Crippen molar-refractivity contribution in [3.8, 4) is 5.75 Å². The molecule has 2 heterocycles. The fourth-order valence-electron chi connectivity index (χ4n) is 3.01. The number of sulfonamides is 1. The topological polar surface area (TPSA) is 64.4 Å². The first kappa shape index (κ1) is 18.7. The molecule has 2 aromatic rings. The molecular weight excluding hydrogens is 371 g/mol. The van der Waals surface area contributed by atoms with Gasteiger partial charge in [-0.05, 0) is 43.2 Å². The van der Waals surface area contributed by atoms with Crippen LogP contribution in [0.5, 0.6) is 5.75 Å². The Morgan fingerprint density at radius 1 is 1.12 bits per heavy atom. The van der Waals surface area contributed by atoms with Crippen molar-refractivity contribution in [2.45, 2.75) is 30.0 Å². The summed E-state index contributed by atoms with van der Waals surface area (Å²) < 4.78 is 68.7. The average molecular weight is 389 g/mol. The molecule has 1 aliphatic heterocycles. The normalized spacial score (nSPS) is 17.4. The van der Waals surface area contributed by atoms with Crippen LogP contribution in [0, 0.1) is 0 Å². The van der Waals surface area contributed by atoms with Gasteiger partial charge >= 0.3 is 6.36 Å². The highest BCUT2D eigenvalue weighted by Crippen LogP contribution is 2.30. The van der Waals surface area contributed by atoms with Crippen molar-refractivity contribution in [2.75, 3.05) is 13.1 Å². The number of piperidine rings is 1. The van der Waals surface area contributed by atoms with E-state index in [0.29, 0.717) is 25.9 Å². The van der Waals surface area contributed by atoms with Gasteiger partial charge in [-0.3, -0.25) is 4.68 Å². The minimum Gasteiger partial charge on any atom is -0.406 e. The maximum absolute atomic E-state index is 12.7. The van der Waals surface area contributed by atoms with Crippen molar-refractivity contribution >= 4 is 10.0 Å². The Morgan fingerprint density at radius 2 is 1.73 bits per heavy atom. The minimum absolute atomic E-state index is 0.0525. The molecule has 1 aromatic heterocycles. The van der Waals surface area contributed by atoms with Gasteiger partial charge in [0, 0.05) is 32.3 Å². The Bertz CT molecular complexity index is 855. The monoisotopic (exact) mass is 389 g/mol. The Morgan fingerprint density at radius 3 is 2.23 bits per heavy atom. The molecule has 142 valence electrons. The zero-order valence-corrected chi connectivity index (χ0v) is 14.8. The Labute approximate surface area is 149 Å². The molecule has 0 N–H and O–H groups in total. The first-order valence-corrected chi connectivity index (χ1v) is 9.45. The third kappa shape index (κ3) is 4.18. The molecule has 0 atom stereocenters. The summed E-state index contributed by atoms with van der Waals surface area (Å²) in [6, 6.07) is 6.18. The van der Waals surface area contributed by atoms with E-state index in [1.54, 1.807) is 4.68 Å². The van der Waals surface area contributed by atoms with E-state index >= 15 is 0 Å². The second-order valence-corrected chi connectivity index (χ2v) is 8.05. The van der Waals surface area contributed by atoms with Gasteiger partial charge in [-0.1, -0.05) is 0 Å². The van der Waals surface area contributed by atoms with Crippen molar-refractivity contribution in [1.29, 1.82) is 0 Å². The molecule has 0 radical (unpaired) electrons. The summed E-state index contributed by atoms with van der Waals surface area (Å²) in [5.74, 6) is -0.254. The summed E-state index contributed by atoms with van der Waals surface area (Å²) in [6.07, 6.45) is -1.67. The summed E-state index contributed by atoms with van der Waals surface area (Å²) in [6.45, 7) is 0.675. The molecule has 1 aliphatic rings. The van der Waals surface area contributed by atoms with Crippen molar-refractivity contribution in [1.82, 2.24) is 14.1 Å². The molecule has 1 saturated heterocycles. The van der Waals surface area contributed by atoms with Gasteiger partial charge < -0.3 is 4.74 Å². The van der Waals surface area contributed by atoms with E-state index < -0.39 is 22.1 Å². The molecule has 0 bridgehead atoms. The van der Waals surface area contributed by atoms with Crippen molar-refractivity contribution < 1.29 is 26.3 Å². The fourth-order valence-corrected chi connectivity index (χ4v) is 4.47. The summed E-state index contributed by atoms with van der Waals surface area (Å²) >= 11 is 0. The molecule has 10 heteroatoms. The lowest BCUT2D eigenvalue weighted by molar-refractivity contribution is -0.274. The third-order valence-corrected chi connectivity index (χ3v) is 6.21. The first-order valence-electron chi connectivity index (χ1n) is 8.01. The predicted molar refractivity (Wildman–Crippen MR) is 87.1 cm³/mol. The molecule has 1 fully saturated rings. The van der Waals surface area contributed by atoms with Gasteiger partial charge in [0.25, 0.3) is 0 Å². The smallest absolute Gasteiger partial charge is 0.406 e. The van der Waals surface area contributed by atoms with E-state index in [0.717, 1.165) is 30.0 Å². The van der Waals surface area contributed by atoms with Gasteiger partial charge in [-0.15, -0.1) is 13.2 Å². The number of benzene rings is 1. The fraction of sp³-hybridized carbons (Fsp3) is 0.438. The standard InChI is InChI=1S/C16H18F3N3O3S/c1-21-9-8-15(20-21)12-6-10-22(11-7-12)26(23,24)14-4-2-13(3-5-14)25-16(17,18)19/h2-5,8-9,12H,6-7,10-11H2,1H3. The second kappa shape index (κ2) is 6.92. The molecule has 1 aromatic carbocycles. The maximum atomic E-state index is 12.7. The lowest BCUT2D eigenvalue weighted by atomic mass is 9.95. The number of aryl methyl sites for hydroxylation is 1. The second-order valence-electron chi connectivity index (χ2n) is 6.11. The summed E-state index contributed by atoms with van der Waals surface area (Å²) in [5.41, 5.74) is 0.943. The van der Waals surface area contributed by atoms with E-state index in [1.165, 1.54) is 4.31 Å². The summed E-state index contributed by atoms with van der Waals surface area (Å²) in [7, 11) is -1.92. The van der Waals surface area contributed by atoms with Crippen LogP contribution in [0.15, 0.2) is 41.4 Å². The molecule has 0 aliphatic carbocycles. The largest absolute Gasteiger partial charge is 0.573 e. The van der Waals surface area contributed by atoms with E-state index in [1.807, 2.05) is 19.3 Å². The number of ether oxygens (including phenoxy) is 1. The molecular formula is C16H18F3N3O3S. The zero-order valence-electron chi connectivity index (χ0n) is 14.0. The molecule has 6 nitrogen and oxygen atoms in total. The number of halogens is 3. The van der Waals surface area contributed by atoms with Crippen LogP contribution in [0.3, 0.4) is 0 Å². The summed E-state index contributed by atoms with van der Waals surface area (Å²) in [4.78, 5) is -0.0525. The number of alkyl halides is 3. The van der Waals surface area contributed by atoms with Crippen LogP contribution in [0.25, 0.3) is 0 Å². The Hall–Kier alpha value is -2.07. The molecule has 0 amide bonds. The predicted octanol–water partition coefficient (Wildman–Crippen LogP) is 2.89. The lowest BCUT2D eigenvalue weighted by Crippen LogP contribution is -2.38. The quantitative estimate of drug-likeness (QED) is 0.807. The van der Waals surface area contributed by atoms with Crippen LogP contribution < -0.4 is 4.74 Å². The van der Waals surface area contributed by atoms with Crippen LogP contribution in [-0.4, -0.2) is 42.0 Å². The van der Waals surface area contributed by atoms with Crippen molar-refractivity contribution in [3.63, 3.8) is 0 Å². The van der Waals surface area contributed by atoms with Crippen LogP contribution in [0.1, 0.15) is 24.5 Å². The van der Waals surface area contributed by atoms with Crippen molar-refractivity contribution in [2.24, 2.45) is 7.05 Å². The van der Waals surface area contributed by atoms with Crippen LogP contribution in [-0.2, 0) is 17.1 Å². The summed E-state index contributed by atoms with van der Waals surface area (Å²) in [5, 5.41) is 4.36. The zero-order chi connectivity index (χ0) is 18.9. The highest BCUT2D eigenvalue weighted by Gasteiger charge is 2.32. The minimum atomic E-state index is -4.81. The lowest BCUT2D eigenvalue weighted by Gasteiger charge is -2.30. The molecule has 0 unspecified atom stereocenters. The van der Waals surface area contributed by atoms with Gasteiger partial charge in [0.2, 0.25) is 10.0 Å². The highest BCUT2D eigenvalue weighted by molar-refractivity contribution is 7.89. The van der Waals surface area contributed by atoms with Gasteiger partial charge in [0.15, 0.2) is 0 Å². The number of nitrogens with zero attached hydrogens (tertiary/aromatic N) is 3. The first-order chi connectivity index (χ1) is 12.1. The van der Waals surface area contributed by atoms with Crippen LogP contribution >= 0.6 is 0 Å². The Balaban J connectivity index is 1.67. The van der Waals surface area contributed by atoms with E-state index in [-0.39, 0.29) is 10.8 Å². The SMILES string of the molecule is Cn1ccc(C2CCN(S(=O)(=O)c3ccc(OC(F)(F)F)cc3)CC2)n1. The third-order valence-electron chi connectivity index (χ3n) is 4.30. The Kier molecular flexibility index (Phi) is 4.98. The van der Waals surface area contributed by atoms with Crippen LogP contribution in [0.4, 0.5) is 13.2 Å². The maximum Gasteiger partial charge on any atom is 0.573 e.